The summed E-state index contributed by atoms with van der Waals surface area (Å²) < 4.78 is 68.2. The Bertz CT molecular complexity index is 1850. The van der Waals surface area contributed by atoms with E-state index in [1.807, 2.05) is 0 Å². The number of carbonyl (C=O) groups excluding carboxylic acids is 4. The van der Waals surface area contributed by atoms with Crippen LogP contribution in [0.15, 0.2) is 24.3 Å². The molecule has 89 heavy (non-hydrogen) atoms. The second-order valence-electron chi connectivity index (χ2n) is 25.5. The fourth-order valence-corrected chi connectivity index (χ4v) is 11.5. The number of hydrogen-bond donors (Lipinski definition) is 3. The van der Waals surface area contributed by atoms with Gasteiger partial charge in [0.25, 0.3) is 0 Å². The van der Waals surface area contributed by atoms with Crippen LogP contribution in [0.2, 0.25) is 0 Å². The Hall–Kier alpha value is -2.46. The van der Waals surface area contributed by atoms with Crippen LogP contribution in [0.1, 0.15) is 325 Å². The van der Waals surface area contributed by atoms with E-state index in [0.29, 0.717) is 37.5 Å². The van der Waals surface area contributed by atoms with Crippen LogP contribution in [0.3, 0.4) is 0 Å². The van der Waals surface area contributed by atoms with Crippen molar-refractivity contribution in [2.24, 2.45) is 17.8 Å². The Kier molecular flexibility index (Phi) is 58.8. The molecule has 0 saturated carbocycles. The molecule has 0 amide bonds. The molecule has 0 aliphatic carbocycles. The smallest absolute Gasteiger partial charge is 0.462 e. The number of rotatable bonds is 66. The van der Waals surface area contributed by atoms with Crippen molar-refractivity contribution < 1.29 is 80.2 Å². The van der Waals surface area contributed by atoms with Gasteiger partial charge >= 0.3 is 39.5 Å². The van der Waals surface area contributed by atoms with Gasteiger partial charge in [0.2, 0.25) is 0 Å². The van der Waals surface area contributed by atoms with Crippen LogP contribution < -0.4 is 0 Å². The van der Waals surface area contributed by atoms with Crippen LogP contribution in [0.5, 0.6) is 0 Å². The highest BCUT2D eigenvalue weighted by atomic mass is 31.2. The first-order chi connectivity index (χ1) is 42.8. The maximum Gasteiger partial charge on any atom is 0.472 e. The molecule has 3 N–H and O–H groups in total. The van der Waals surface area contributed by atoms with Gasteiger partial charge in [-0.2, -0.15) is 0 Å². The molecule has 5 unspecified atom stereocenters. The summed E-state index contributed by atoms with van der Waals surface area (Å²) in [5, 5.41) is 10.6. The van der Waals surface area contributed by atoms with E-state index in [9.17, 15) is 43.2 Å². The Labute approximate surface area is 542 Å². The highest BCUT2D eigenvalue weighted by Crippen LogP contribution is 2.45. The van der Waals surface area contributed by atoms with Crippen LogP contribution in [0, 0.1) is 17.8 Å². The quantitative estimate of drug-likeness (QED) is 0.0169. The van der Waals surface area contributed by atoms with Gasteiger partial charge in [0.05, 0.1) is 26.4 Å². The largest absolute Gasteiger partial charge is 0.472 e. The highest BCUT2D eigenvalue weighted by Gasteiger charge is 2.30. The number of aliphatic hydroxyl groups is 1. The number of esters is 4. The van der Waals surface area contributed by atoms with Gasteiger partial charge in [-0.3, -0.25) is 37.3 Å². The lowest BCUT2D eigenvalue weighted by Crippen LogP contribution is -2.30. The minimum Gasteiger partial charge on any atom is -0.462 e. The van der Waals surface area contributed by atoms with Crippen LogP contribution in [-0.4, -0.2) is 96.7 Å². The summed E-state index contributed by atoms with van der Waals surface area (Å²) in [5.74, 6) is 0.0603. The predicted octanol–water partition coefficient (Wildman–Crippen LogP) is 19.4. The fourth-order valence-electron chi connectivity index (χ4n) is 9.94. The monoisotopic (exact) mass is 1310 g/mol. The van der Waals surface area contributed by atoms with Crippen molar-refractivity contribution in [1.29, 1.82) is 0 Å². The number of allylic oxidation sites excluding steroid dienone is 4. The van der Waals surface area contributed by atoms with Crippen molar-refractivity contribution >= 4 is 39.5 Å². The van der Waals surface area contributed by atoms with Crippen LogP contribution in [0.4, 0.5) is 0 Å². The molecular weight excluding hydrogens is 1170 g/mol. The Morgan fingerprint density at radius 1 is 0.371 bits per heavy atom. The molecule has 0 rings (SSSR count). The van der Waals surface area contributed by atoms with Gasteiger partial charge in [-0.05, 0) is 69.1 Å². The SMILES string of the molecule is CCCCCC/C=C\C=C/CCCCCCCC(=O)OC[C@H](COP(=O)(O)OCC(O)COP(=O)(O)OC[C@@H](COC(=O)CCCCCCCCCC(C)C)OC(=O)CCCCCCCCCCCCC(C)CC)OC(=O)CCCCCCCCC(C)CC. The molecular formula is C70H132O17P2. The molecule has 0 aromatic carbocycles. The van der Waals surface area contributed by atoms with E-state index in [1.165, 1.54) is 109 Å². The molecule has 7 atom stereocenters. The van der Waals surface area contributed by atoms with E-state index >= 15 is 0 Å². The third kappa shape index (κ3) is 61.5. The maximum atomic E-state index is 13.0. The van der Waals surface area contributed by atoms with E-state index in [4.69, 9.17) is 37.0 Å². The zero-order chi connectivity index (χ0) is 65.9. The van der Waals surface area contributed by atoms with Gasteiger partial charge in [0, 0.05) is 25.7 Å². The molecule has 524 valence electrons. The van der Waals surface area contributed by atoms with Crippen LogP contribution >= 0.6 is 15.6 Å². The lowest BCUT2D eigenvalue weighted by atomic mass is 9.99. The van der Waals surface area contributed by atoms with E-state index < -0.39 is 97.5 Å². The molecule has 0 spiro atoms. The van der Waals surface area contributed by atoms with Gasteiger partial charge in [-0.25, -0.2) is 9.13 Å². The molecule has 0 radical (unpaired) electrons. The summed E-state index contributed by atoms with van der Waals surface area (Å²) in [7, 11) is -9.91. The molecule has 19 heteroatoms. The molecule has 0 aromatic rings. The zero-order valence-electron chi connectivity index (χ0n) is 57.4. The summed E-state index contributed by atoms with van der Waals surface area (Å²) in [5.41, 5.74) is 0. The first-order valence-corrected chi connectivity index (χ1v) is 38.7. The molecule has 0 aromatic heterocycles. The molecule has 0 fully saturated rings. The third-order valence-electron chi connectivity index (χ3n) is 16.2. The predicted molar refractivity (Wildman–Crippen MR) is 358 cm³/mol. The van der Waals surface area contributed by atoms with Crippen molar-refractivity contribution in [2.45, 2.75) is 343 Å². The van der Waals surface area contributed by atoms with Crippen molar-refractivity contribution in [3.05, 3.63) is 24.3 Å². The summed E-state index contributed by atoms with van der Waals surface area (Å²) in [4.78, 5) is 72.5. The van der Waals surface area contributed by atoms with E-state index in [1.54, 1.807) is 0 Å². The van der Waals surface area contributed by atoms with Crippen molar-refractivity contribution in [1.82, 2.24) is 0 Å². The number of phosphoric ester groups is 2. The second-order valence-corrected chi connectivity index (χ2v) is 28.5. The average molecular weight is 1310 g/mol. The van der Waals surface area contributed by atoms with Gasteiger partial charge in [-0.15, -0.1) is 0 Å². The first kappa shape index (κ1) is 86.5. The summed E-state index contributed by atoms with van der Waals surface area (Å²) in [6.07, 6.45) is 46.7. The van der Waals surface area contributed by atoms with Crippen molar-refractivity contribution in [3.8, 4) is 0 Å². The molecule has 17 nitrogen and oxygen atoms in total. The number of ether oxygens (including phenoxy) is 4. The number of aliphatic hydroxyl groups excluding tert-OH is 1. The first-order valence-electron chi connectivity index (χ1n) is 35.7. The van der Waals surface area contributed by atoms with E-state index in [2.05, 4.69) is 72.8 Å². The Balaban J connectivity index is 5.27. The van der Waals surface area contributed by atoms with Crippen LogP contribution in [0.25, 0.3) is 0 Å². The van der Waals surface area contributed by atoms with Gasteiger partial charge < -0.3 is 33.8 Å². The number of hydrogen-bond acceptors (Lipinski definition) is 15. The number of phosphoric acid groups is 2. The summed E-state index contributed by atoms with van der Waals surface area (Å²) in [6, 6.07) is 0. The highest BCUT2D eigenvalue weighted by molar-refractivity contribution is 7.47. The molecule has 0 saturated heterocycles. The molecule has 0 aliphatic rings. The Morgan fingerprint density at radius 2 is 0.663 bits per heavy atom. The summed E-state index contributed by atoms with van der Waals surface area (Å²) >= 11 is 0. The van der Waals surface area contributed by atoms with E-state index in [0.717, 1.165) is 121 Å². The van der Waals surface area contributed by atoms with Gasteiger partial charge in [-0.1, -0.05) is 272 Å². The molecule has 0 aliphatic heterocycles. The number of carbonyl (C=O) groups is 4. The normalized spacial score (nSPS) is 15.0. The topological polar surface area (TPSA) is 237 Å². The lowest BCUT2D eigenvalue weighted by Gasteiger charge is -2.21. The lowest BCUT2D eigenvalue weighted by molar-refractivity contribution is -0.161. The van der Waals surface area contributed by atoms with Crippen molar-refractivity contribution in [3.63, 3.8) is 0 Å². The van der Waals surface area contributed by atoms with E-state index in [-0.39, 0.29) is 25.7 Å². The van der Waals surface area contributed by atoms with Crippen LogP contribution in [-0.2, 0) is 65.4 Å². The minimum absolute atomic E-state index is 0.0956. The molecule has 0 heterocycles. The van der Waals surface area contributed by atoms with Crippen molar-refractivity contribution in [2.75, 3.05) is 39.6 Å². The van der Waals surface area contributed by atoms with Gasteiger partial charge in [0.1, 0.15) is 19.3 Å². The minimum atomic E-state index is -4.96. The zero-order valence-corrected chi connectivity index (χ0v) is 59.2. The summed E-state index contributed by atoms with van der Waals surface area (Å²) in [6.45, 7) is 11.7. The standard InChI is InChI=1S/C70H132O17P2/c1-8-11-12-13-14-15-16-17-18-19-20-24-29-37-44-51-67(72)80-58-66(87-70(75)54-47-40-33-32-36-43-50-63(7)10-3)60-85-89(78,79)83-56-64(71)55-82-88(76,77)84-59-65(57-81-68(73)52-45-38-31-26-27-34-41-48-61(4)5)86-69(74)53-46-39-30-25-22-21-23-28-35-42-49-62(6)9-2/h15-18,61-66,71H,8-14,19-60H2,1-7H3,(H,76,77)(H,78,79)/b16-15-,18-17-/t62?,63?,64?,65-,66-/m1/s1. The number of unbranched alkanes of at least 4 members (excludes halogenated alkanes) is 29. The second kappa shape index (κ2) is 60.5. The van der Waals surface area contributed by atoms with Gasteiger partial charge in [0.15, 0.2) is 12.2 Å². The maximum absolute atomic E-state index is 13.0. The average Bonchev–Trinajstić information content (AvgIpc) is 3.70. The Morgan fingerprint density at radius 3 is 1.00 bits per heavy atom. The third-order valence-corrected chi connectivity index (χ3v) is 18.1. The fraction of sp³-hybridized carbons (Fsp3) is 0.886. The molecule has 0 bridgehead atoms.